The van der Waals surface area contributed by atoms with Gasteiger partial charge in [0.15, 0.2) is 0 Å². The summed E-state index contributed by atoms with van der Waals surface area (Å²) in [6.07, 6.45) is 4.04. The molecule has 6 nitrogen and oxygen atoms in total. The number of esters is 1. The minimum Gasteiger partial charge on any atom is -0.443 e. The van der Waals surface area contributed by atoms with Gasteiger partial charge in [0.1, 0.15) is 4.88 Å². The van der Waals surface area contributed by atoms with E-state index in [0.717, 1.165) is 19.4 Å². The molecule has 2 unspecified atom stereocenters. The molecule has 2 aromatic heterocycles. The predicted octanol–water partition coefficient (Wildman–Crippen LogP) is 2.34. The second-order valence-electron chi connectivity index (χ2n) is 5.43. The molecule has 2 aromatic rings. The highest BCUT2D eigenvalue weighted by atomic mass is 32.1. The number of thiophene rings is 1. The molecule has 2 atom stereocenters. The fourth-order valence-electron chi connectivity index (χ4n) is 2.48. The second-order valence-corrected chi connectivity index (χ2v) is 6.38. The number of nitrogens with one attached hydrogen (secondary N) is 1. The third kappa shape index (κ3) is 4.18. The van der Waals surface area contributed by atoms with Crippen LogP contribution in [0.1, 0.15) is 34.2 Å². The Bertz CT molecular complexity index is 669. The van der Waals surface area contributed by atoms with Gasteiger partial charge in [-0.2, -0.15) is 0 Å². The zero-order valence-corrected chi connectivity index (χ0v) is 13.8. The van der Waals surface area contributed by atoms with E-state index in [1.54, 1.807) is 35.8 Å². The van der Waals surface area contributed by atoms with Gasteiger partial charge in [-0.05, 0) is 30.4 Å². The minimum atomic E-state index is -1.03. The van der Waals surface area contributed by atoms with Crippen molar-refractivity contribution in [2.75, 3.05) is 13.2 Å². The lowest BCUT2D eigenvalue weighted by molar-refractivity contribution is -0.130. The molecule has 0 aromatic carbocycles. The highest BCUT2D eigenvalue weighted by molar-refractivity contribution is 7.11. The summed E-state index contributed by atoms with van der Waals surface area (Å²) in [6, 6.07) is 6.84. The van der Waals surface area contributed by atoms with Gasteiger partial charge in [0.2, 0.25) is 6.10 Å². The lowest BCUT2D eigenvalue weighted by Crippen LogP contribution is -2.37. The molecular formula is C17H18N2O4S. The molecular weight excluding hydrogens is 328 g/mol. The number of nitrogens with zero attached hydrogens (tertiary/aromatic N) is 1. The quantitative estimate of drug-likeness (QED) is 0.813. The van der Waals surface area contributed by atoms with E-state index in [1.165, 1.54) is 17.5 Å². The first kappa shape index (κ1) is 16.6. The SMILES string of the molecule is O=C(OC(C(=O)NCC1CCCO1)c1cccnc1)c1cccs1. The average Bonchev–Trinajstić information content (AvgIpc) is 3.31. The topological polar surface area (TPSA) is 77.5 Å². The van der Waals surface area contributed by atoms with Crippen molar-refractivity contribution < 1.29 is 19.1 Å². The number of aromatic nitrogens is 1. The maximum atomic E-state index is 12.5. The van der Waals surface area contributed by atoms with E-state index >= 15 is 0 Å². The smallest absolute Gasteiger partial charge is 0.349 e. The van der Waals surface area contributed by atoms with Crippen LogP contribution in [0.3, 0.4) is 0 Å². The number of carbonyl (C=O) groups excluding carboxylic acids is 2. The molecule has 1 saturated heterocycles. The van der Waals surface area contributed by atoms with Crippen LogP contribution in [0.4, 0.5) is 0 Å². The first-order valence-corrected chi connectivity index (χ1v) is 8.66. The van der Waals surface area contributed by atoms with Gasteiger partial charge >= 0.3 is 5.97 Å². The molecule has 1 N–H and O–H groups in total. The molecule has 0 radical (unpaired) electrons. The number of hydrogen-bond donors (Lipinski definition) is 1. The van der Waals surface area contributed by atoms with Crippen LogP contribution < -0.4 is 5.32 Å². The van der Waals surface area contributed by atoms with Crippen LogP contribution in [-0.4, -0.2) is 36.1 Å². The van der Waals surface area contributed by atoms with Gasteiger partial charge in [-0.15, -0.1) is 11.3 Å². The Labute approximate surface area is 143 Å². The third-order valence-corrected chi connectivity index (χ3v) is 4.55. The highest BCUT2D eigenvalue weighted by Gasteiger charge is 2.27. The summed E-state index contributed by atoms with van der Waals surface area (Å²) in [5.74, 6) is -0.894. The predicted molar refractivity (Wildman–Crippen MR) is 88.7 cm³/mol. The standard InChI is InChI=1S/C17H18N2O4S/c20-16(19-11-13-5-2-8-22-13)15(12-4-1-7-18-10-12)23-17(21)14-6-3-9-24-14/h1,3-4,6-7,9-10,13,15H,2,5,8,11H2,(H,19,20). The number of rotatable bonds is 6. The van der Waals surface area contributed by atoms with Gasteiger partial charge in [0, 0.05) is 31.1 Å². The van der Waals surface area contributed by atoms with Gasteiger partial charge in [-0.1, -0.05) is 12.1 Å². The van der Waals surface area contributed by atoms with Crippen LogP contribution >= 0.6 is 11.3 Å². The molecule has 126 valence electrons. The molecule has 0 spiro atoms. The molecule has 24 heavy (non-hydrogen) atoms. The first-order valence-electron chi connectivity index (χ1n) is 7.78. The van der Waals surface area contributed by atoms with Crippen molar-refractivity contribution in [2.24, 2.45) is 0 Å². The van der Waals surface area contributed by atoms with Gasteiger partial charge in [0.05, 0.1) is 6.10 Å². The number of hydrogen-bond acceptors (Lipinski definition) is 6. The van der Waals surface area contributed by atoms with Crippen molar-refractivity contribution in [3.63, 3.8) is 0 Å². The summed E-state index contributed by atoms with van der Waals surface area (Å²) in [6.45, 7) is 1.13. The zero-order valence-electron chi connectivity index (χ0n) is 13.0. The number of pyridine rings is 1. The number of carbonyl (C=O) groups is 2. The van der Waals surface area contributed by atoms with Crippen LogP contribution in [0.25, 0.3) is 0 Å². The Hall–Kier alpha value is -2.25. The van der Waals surface area contributed by atoms with E-state index in [0.29, 0.717) is 17.0 Å². The largest absolute Gasteiger partial charge is 0.443 e. The Kier molecular flexibility index (Phi) is 5.55. The van der Waals surface area contributed by atoms with Gasteiger partial charge in [0.25, 0.3) is 5.91 Å². The van der Waals surface area contributed by atoms with E-state index in [4.69, 9.17) is 9.47 Å². The monoisotopic (exact) mass is 346 g/mol. The molecule has 1 amide bonds. The molecule has 1 aliphatic rings. The van der Waals surface area contributed by atoms with Crippen LogP contribution in [0, 0.1) is 0 Å². The van der Waals surface area contributed by atoms with E-state index in [2.05, 4.69) is 10.3 Å². The summed E-state index contributed by atoms with van der Waals surface area (Å²) in [4.78, 5) is 29.2. The first-order chi connectivity index (χ1) is 11.7. The third-order valence-electron chi connectivity index (χ3n) is 3.70. The number of amides is 1. The minimum absolute atomic E-state index is 0.0245. The van der Waals surface area contributed by atoms with Crippen LogP contribution in [-0.2, 0) is 14.3 Å². The van der Waals surface area contributed by atoms with Crippen molar-refractivity contribution in [1.29, 1.82) is 0 Å². The van der Waals surface area contributed by atoms with E-state index in [-0.39, 0.29) is 12.0 Å². The number of ether oxygens (including phenoxy) is 2. The van der Waals surface area contributed by atoms with Gasteiger partial charge in [-0.25, -0.2) is 4.79 Å². The van der Waals surface area contributed by atoms with Crippen molar-refractivity contribution >= 4 is 23.2 Å². The molecule has 7 heteroatoms. The van der Waals surface area contributed by atoms with Gasteiger partial charge in [-0.3, -0.25) is 9.78 Å². The maximum Gasteiger partial charge on any atom is 0.349 e. The van der Waals surface area contributed by atoms with Crippen molar-refractivity contribution in [3.8, 4) is 0 Å². The van der Waals surface area contributed by atoms with E-state index in [1.807, 2.05) is 0 Å². The normalized spacial score (nSPS) is 18.1. The molecule has 0 aliphatic carbocycles. The summed E-state index contributed by atoms with van der Waals surface area (Å²) in [5.41, 5.74) is 0.534. The Morgan fingerprint density at radius 1 is 1.42 bits per heavy atom. The van der Waals surface area contributed by atoms with E-state index in [9.17, 15) is 9.59 Å². The summed E-state index contributed by atoms with van der Waals surface area (Å²) < 4.78 is 10.9. The molecule has 1 aliphatic heterocycles. The van der Waals surface area contributed by atoms with Gasteiger partial charge < -0.3 is 14.8 Å². The van der Waals surface area contributed by atoms with Crippen molar-refractivity contribution in [1.82, 2.24) is 10.3 Å². The fourth-order valence-corrected chi connectivity index (χ4v) is 3.08. The lowest BCUT2D eigenvalue weighted by Gasteiger charge is -2.18. The Balaban J connectivity index is 1.69. The van der Waals surface area contributed by atoms with E-state index < -0.39 is 12.1 Å². The summed E-state index contributed by atoms with van der Waals surface area (Å²) >= 11 is 1.27. The van der Waals surface area contributed by atoms with Crippen LogP contribution in [0.15, 0.2) is 42.0 Å². The lowest BCUT2D eigenvalue weighted by atomic mass is 10.1. The van der Waals surface area contributed by atoms with Crippen LogP contribution in [0.2, 0.25) is 0 Å². The molecule has 1 fully saturated rings. The molecule has 3 heterocycles. The summed E-state index contributed by atoms with van der Waals surface area (Å²) in [7, 11) is 0. The average molecular weight is 346 g/mol. The molecule has 0 saturated carbocycles. The zero-order chi connectivity index (χ0) is 16.8. The van der Waals surface area contributed by atoms with Crippen LogP contribution in [0.5, 0.6) is 0 Å². The Morgan fingerprint density at radius 2 is 2.33 bits per heavy atom. The summed E-state index contributed by atoms with van der Waals surface area (Å²) in [5, 5.41) is 4.59. The van der Waals surface area contributed by atoms with Crippen molar-refractivity contribution in [3.05, 3.63) is 52.5 Å². The second kappa shape index (κ2) is 8.03. The highest BCUT2D eigenvalue weighted by Crippen LogP contribution is 2.21. The molecule has 0 bridgehead atoms. The maximum absolute atomic E-state index is 12.5. The Morgan fingerprint density at radius 3 is 3.00 bits per heavy atom. The molecule has 3 rings (SSSR count). The van der Waals surface area contributed by atoms with Crippen molar-refractivity contribution in [2.45, 2.75) is 25.0 Å². The fraction of sp³-hybridized carbons (Fsp3) is 0.353.